The molecule has 1 amide bonds. The molecule has 2 N–H and O–H groups in total. The first-order valence-electron chi connectivity index (χ1n) is 7.04. The second-order valence-corrected chi connectivity index (χ2v) is 5.27. The topological polar surface area (TPSA) is 147 Å². The zero-order chi connectivity index (χ0) is 19.2. The Kier molecular flexibility index (Phi) is 12.2. The summed E-state index contributed by atoms with van der Waals surface area (Å²) in [6.45, 7) is 2.89. The molecule has 0 aromatic carbocycles. The second-order valence-electron chi connectivity index (χ2n) is 4.20. The molecule has 0 heterocycles. The number of hydrogen-bond acceptors (Lipinski definition) is 11. The van der Waals surface area contributed by atoms with E-state index in [1.807, 2.05) is 0 Å². The van der Waals surface area contributed by atoms with Crippen LogP contribution in [0.25, 0.3) is 0 Å². The third-order valence-corrected chi connectivity index (χ3v) is 3.14. The van der Waals surface area contributed by atoms with E-state index < -0.39 is 49.3 Å². The molecule has 1 unspecified atom stereocenters. The Morgan fingerprint density at radius 3 is 2.16 bits per heavy atom. The summed E-state index contributed by atoms with van der Waals surface area (Å²) in [6, 6.07) is -1.15. The summed E-state index contributed by atoms with van der Waals surface area (Å²) in [5.41, 5.74) is -1.41. The molecular weight excluding hydrogens is 362 g/mol. The lowest BCUT2D eigenvalue weighted by Crippen LogP contribution is -2.44. The molecule has 12 heteroatoms. The number of thioether (sulfide) groups is 1. The molecule has 0 radical (unpaired) electrons. The SMILES string of the molecule is CCOC(=O)[C@H](CSC(O)OCOC(C)=O)NC(=O)OCOC(C)=O. The first kappa shape index (κ1) is 22.9. The predicted octanol–water partition coefficient (Wildman–Crippen LogP) is -0.289. The lowest BCUT2D eigenvalue weighted by atomic mass is 10.3. The first-order chi connectivity index (χ1) is 11.8. The molecule has 144 valence electrons. The van der Waals surface area contributed by atoms with Gasteiger partial charge in [0.15, 0.2) is 6.79 Å². The highest BCUT2D eigenvalue weighted by atomic mass is 32.2. The Labute approximate surface area is 148 Å². The number of nitrogens with one attached hydrogen (secondary N) is 1. The summed E-state index contributed by atoms with van der Waals surface area (Å²) in [5, 5.41) is 11.8. The molecule has 2 atom stereocenters. The van der Waals surface area contributed by atoms with Gasteiger partial charge in [0.25, 0.3) is 0 Å². The summed E-state index contributed by atoms with van der Waals surface area (Å²) in [7, 11) is 0. The van der Waals surface area contributed by atoms with Gasteiger partial charge in [-0.05, 0) is 6.92 Å². The van der Waals surface area contributed by atoms with Gasteiger partial charge in [-0.1, -0.05) is 11.8 Å². The van der Waals surface area contributed by atoms with Crippen LogP contribution in [0.4, 0.5) is 4.79 Å². The van der Waals surface area contributed by atoms with Crippen molar-refractivity contribution in [1.29, 1.82) is 0 Å². The maximum absolute atomic E-state index is 11.8. The van der Waals surface area contributed by atoms with E-state index in [2.05, 4.69) is 19.5 Å². The number of hydrogen-bond donors (Lipinski definition) is 2. The molecule has 0 aliphatic heterocycles. The van der Waals surface area contributed by atoms with Crippen molar-refractivity contribution in [2.75, 3.05) is 25.9 Å². The van der Waals surface area contributed by atoms with E-state index >= 15 is 0 Å². The van der Waals surface area contributed by atoms with Gasteiger partial charge in [0, 0.05) is 19.6 Å². The summed E-state index contributed by atoms with van der Waals surface area (Å²) < 4.78 is 23.0. The van der Waals surface area contributed by atoms with E-state index in [1.165, 1.54) is 6.92 Å². The highest BCUT2D eigenvalue weighted by Crippen LogP contribution is 2.12. The number of aliphatic hydroxyl groups is 1. The van der Waals surface area contributed by atoms with Crippen LogP contribution in [0.1, 0.15) is 20.8 Å². The maximum Gasteiger partial charge on any atom is 0.410 e. The molecule has 0 fully saturated rings. The molecule has 0 aliphatic carbocycles. The number of esters is 3. The van der Waals surface area contributed by atoms with Crippen molar-refractivity contribution in [3.63, 3.8) is 0 Å². The van der Waals surface area contributed by atoms with Crippen molar-refractivity contribution < 1.29 is 48.0 Å². The largest absolute Gasteiger partial charge is 0.464 e. The van der Waals surface area contributed by atoms with Crippen molar-refractivity contribution in [2.45, 2.75) is 32.4 Å². The lowest BCUT2D eigenvalue weighted by Gasteiger charge is -2.18. The molecule has 0 aromatic heterocycles. The van der Waals surface area contributed by atoms with Gasteiger partial charge >= 0.3 is 24.0 Å². The van der Waals surface area contributed by atoms with Crippen LogP contribution in [0.5, 0.6) is 0 Å². The molecule has 11 nitrogen and oxygen atoms in total. The van der Waals surface area contributed by atoms with Gasteiger partial charge in [0.05, 0.1) is 6.61 Å². The van der Waals surface area contributed by atoms with E-state index in [-0.39, 0.29) is 12.4 Å². The zero-order valence-corrected chi connectivity index (χ0v) is 14.8. The Bertz CT molecular complexity index is 458. The minimum Gasteiger partial charge on any atom is -0.464 e. The van der Waals surface area contributed by atoms with Crippen LogP contribution >= 0.6 is 11.8 Å². The Balaban J connectivity index is 4.37. The van der Waals surface area contributed by atoms with Crippen LogP contribution in [0.2, 0.25) is 0 Å². The van der Waals surface area contributed by atoms with Crippen molar-refractivity contribution in [3.05, 3.63) is 0 Å². The predicted molar refractivity (Wildman–Crippen MR) is 82.9 cm³/mol. The average molecular weight is 383 g/mol. The number of aliphatic hydroxyl groups excluding tert-OH is 1. The fraction of sp³-hybridized carbons (Fsp3) is 0.692. The maximum atomic E-state index is 11.8. The van der Waals surface area contributed by atoms with Crippen LogP contribution in [0.15, 0.2) is 0 Å². The van der Waals surface area contributed by atoms with Crippen LogP contribution in [-0.2, 0) is 38.1 Å². The minimum atomic E-state index is -1.41. The lowest BCUT2D eigenvalue weighted by molar-refractivity contribution is -0.165. The zero-order valence-electron chi connectivity index (χ0n) is 14.0. The number of alkyl carbamates (subject to hydrolysis) is 1. The van der Waals surface area contributed by atoms with Crippen LogP contribution in [-0.4, -0.2) is 66.7 Å². The van der Waals surface area contributed by atoms with Crippen molar-refractivity contribution in [2.24, 2.45) is 0 Å². The van der Waals surface area contributed by atoms with Crippen molar-refractivity contribution >= 4 is 35.8 Å². The standard InChI is InChI=1S/C13H21NO10S/c1-4-20-11(17)10(14-12(18)23-6-21-8(2)15)5-25-13(19)24-7-22-9(3)16/h10,13,19H,4-7H2,1-3H3,(H,14,18)/t10-,13?/m0/s1. The summed E-state index contributed by atoms with van der Waals surface area (Å²) in [5.74, 6) is -2.10. The van der Waals surface area contributed by atoms with Crippen molar-refractivity contribution in [3.8, 4) is 0 Å². The van der Waals surface area contributed by atoms with Gasteiger partial charge in [-0.2, -0.15) is 0 Å². The highest BCUT2D eigenvalue weighted by Gasteiger charge is 2.24. The fourth-order valence-corrected chi connectivity index (χ4v) is 1.89. The number of carbonyl (C=O) groups is 4. The van der Waals surface area contributed by atoms with Crippen LogP contribution < -0.4 is 5.32 Å². The number of ether oxygens (including phenoxy) is 5. The number of rotatable bonds is 11. The van der Waals surface area contributed by atoms with Gasteiger partial charge in [-0.3, -0.25) is 9.59 Å². The van der Waals surface area contributed by atoms with E-state index in [4.69, 9.17) is 9.47 Å². The van der Waals surface area contributed by atoms with E-state index in [9.17, 15) is 24.3 Å². The molecule has 0 aliphatic rings. The minimum absolute atomic E-state index is 0.0790. The molecular formula is C13H21NO10S. The summed E-state index contributed by atoms with van der Waals surface area (Å²) in [4.78, 5) is 44.5. The van der Waals surface area contributed by atoms with Gasteiger partial charge in [-0.25, -0.2) is 9.59 Å². The fourth-order valence-electron chi connectivity index (χ4n) is 1.16. The molecule has 0 saturated heterocycles. The van der Waals surface area contributed by atoms with Crippen molar-refractivity contribution in [1.82, 2.24) is 5.32 Å². The Morgan fingerprint density at radius 1 is 1.00 bits per heavy atom. The molecule has 0 rings (SSSR count). The van der Waals surface area contributed by atoms with Gasteiger partial charge < -0.3 is 34.1 Å². The Morgan fingerprint density at radius 2 is 1.60 bits per heavy atom. The van der Waals surface area contributed by atoms with E-state index in [0.29, 0.717) is 0 Å². The normalized spacial score (nSPS) is 12.5. The van der Waals surface area contributed by atoms with Gasteiger partial charge in [0.2, 0.25) is 12.4 Å². The monoisotopic (exact) mass is 383 g/mol. The van der Waals surface area contributed by atoms with Gasteiger partial charge in [-0.15, -0.1) is 0 Å². The molecule has 0 saturated carbocycles. The molecule has 0 spiro atoms. The van der Waals surface area contributed by atoms with E-state index in [1.54, 1.807) is 6.92 Å². The number of carbonyl (C=O) groups excluding carboxylic acids is 4. The average Bonchev–Trinajstić information content (AvgIpc) is 2.50. The summed E-state index contributed by atoms with van der Waals surface area (Å²) in [6.07, 6.45) is -1.02. The molecule has 25 heavy (non-hydrogen) atoms. The third kappa shape index (κ3) is 13.0. The summed E-state index contributed by atoms with van der Waals surface area (Å²) >= 11 is 0.747. The Hall–Kier alpha value is -2.05. The van der Waals surface area contributed by atoms with Gasteiger partial charge in [0.1, 0.15) is 6.04 Å². The van der Waals surface area contributed by atoms with Crippen LogP contribution in [0.3, 0.4) is 0 Å². The molecule has 0 aromatic rings. The number of amides is 1. The molecule has 0 bridgehead atoms. The first-order valence-corrected chi connectivity index (χ1v) is 8.09. The smallest absolute Gasteiger partial charge is 0.410 e. The second kappa shape index (κ2) is 13.3. The highest BCUT2D eigenvalue weighted by molar-refractivity contribution is 7.99. The quantitative estimate of drug-likeness (QED) is 0.275. The van der Waals surface area contributed by atoms with Crippen LogP contribution in [0, 0.1) is 0 Å². The third-order valence-electron chi connectivity index (χ3n) is 2.19. The van der Waals surface area contributed by atoms with E-state index in [0.717, 1.165) is 18.7 Å².